The minimum Gasteiger partial charge on any atom is -0.486 e. The molecule has 0 bridgehead atoms. The summed E-state index contributed by atoms with van der Waals surface area (Å²) in [6.07, 6.45) is 6.01. The van der Waals surface area contributed by atoms with Gasteiger partial charge in [0.25, 0.3) is 0 Å². The molecule has 0 N–H and O–H groups in total. The van der Waals surface area contributed by atoms with E-state index < -0.39 is 0 Å². The fourth-order valence-electron chi connectivity index (χ4n) is 2.79. The Morgan fingerprint density at radius 3 is 2.75 bits per heavy atom. The lowest BCUT2D eigenvalue weighted by molar-refractivity contribution is 0.01000. The molecule has 2 heterocycles. The second-order valence-corrected chi connectivity index (χ2v) is 5.96. The van der Waals surface area contributed by atoms with E-state index in [1.807, 2.05) is 18.2 Å². The Balaban J connectivity index is 1.57. The Morgan fingerprint density at radius 2 is 1.95 bits per heavy atom. The molecule has 20 heavy (non-hydrogen) atoms. The van der Waals surface area contributed by atoms with Crippen LogP contribution in [0.2, 0.25) is 0 Å². The molecule has 110 valence electrons. The smallest absolute Gasteiger partial charge is 0.161 e. The summed E-state index contributed by atoms with van der Waals surface area (Å²) in [5.74, 6) is 1.63. The molecular formula is C16H21ClO3. The van der Waals surface area contributed by atoms with Crippen LogP contribution in [0.4, 0.5) is 0 Å². The van der Waals surface area contributed by atoms with Gasteiger partial charge in [-0.15, -0.1) is 11.6 Å². The second kappa shape index (κ2) is 6.68. The van der Waals surface area contributed by atoms with Gasteiger partial charge in [0.15, 0.2) is 11.5 Å². The zero-order valence-electron chi connectivity index (χ0n) is 11.6. The van der Waals surface area contributed by atoms with Crippen LogP contribution in [0, 0.1) is 0 Å². The summed E-state index contributed by atoms with van der Waals surface area (Å²) in [7, 11) is 0. The maximum Gasteiger partial charge on any atom is 0.161 e. The third kappa shape index (κ3) is 3.39. The van der Waals surface area contributed by atoms with Crippen LogP contribution in [-0.4, -0.2) is 25.9 Å². The minimum atomic E-state index is 0.0105. The standard InChI is InChI=1S/C16H21ClO3/c17-14(6-5-13-3-1-2-8-18-13)12-4-7-15-16(11-12)20-10-9-19-15/h4,7,11,13-14H,1-3,5-6,8-10H2. The third-order valence-electron chi connectivity index (χ3n) is 3.94. The van der Waals surface area contributed by atoms with Crippen molar-refractivity contribution < 1.29 is 14.2 Å². The lowest BCUT2D eigenvalue weighted by Crippen LogP contribution is -2.19. The number of benzene rings is 1. The fraction of sp³-hybridized carbons (Fsp3) is 0.625. The first-order valence-corrected chi connectivity index (χ1v) is 7.92. The molecule has 3 nitrogen and oxygen atoms in total. The highest BCUT2D eigenvalue weighted by Gasteiger charge is 2.18. The topological polar surface area (TPSA) is 27.7 Å². The van der Waals surface area contributed by atoms with Gasteiger partial charge < -0.3 is 14.2 Å². The molecule has 2 atom stereocenters. The van der Waals surface area contributed by atoms with E-state index in [0.29, 0.717) is 19.3 Å². The van der Waals surface area contributed by atoms with Crippen LogP contribution < -0.4 is 9.47 Å². The number of fused-ring (bicyclic) bond motifs is 1. The van der Waals surface area contributed by atoms with Gasteiger partial charge >= 0.3 is 0 Å². The van der Waals surface area contributed by atoms with E-state index in [-0.39, 0.29) is 5.38 Å². The summed E-state index contributed by atoms with van der Waals surface area (Å²) in [6.45, 7) is 2.14. The van der Waals surface area contributed by atoms with Gasteiger partial charge in [-0.25, -0.2) is 0 Å². The fourth-order valence-corrected chi connectivity index (χ4v) is 3.05. The first-order valence-electron chi connectivity index (χ1n) is 7.48. The molecule has 0 radical (unpaired) electrons. The molecule has 0 spiro atoms. The van der Waals surface area contributed by atoms with Crippen LogP contribution in [-0.2, 0) is 4.74 Å². The summed E-state index contributed by atoms with van der Waals surface area (Å²) >= 11 is 6.52. The van der Waals surface area contributed by atoms with Gasteiger partial charge in [0, 0.05) is 6.61 Å². The number of halogens is 1. The SMILES string of the molecule is ClC(CCC1CCCCO1)c1ccc2c(c1)OCCO2. The molecule has 0 amide bonds. The molecule has 2 aliphatic heterocycles. The first-order chi connectivity index (χ1) is 9.83. The van der Waals surface area contributed by atoms with E-state index in [1.165, 1.54) is 19.3 Å². The number of hydrogen-bond donors (Lipinski definition) is 0. The average Bonchev–Trinajstić information content (AvgIpc) is 2.53. The molecule has 1 aromatic rings. The van der Waals surface area contributed by atoms with E-state index in [2.05, 4.69) is 0 Å². The van der Waals surface area contributed by atoms with Crippen LogP contribution in [0.1, 0.15) is 43.0 Å². The molecule has 0 saturated carbocycles. The quantitative estimate of drug-likeness (QED) is 0.783. The van der Waals surface area contributed by atoms with E-state index in [4.69, 9.17) is 25.8 Å². The van der Waals surface area contributed by atoms with Gasteiger partial charge in [0.05, 0.1) is 11.5 Å². The van der Waals surface area contributed by atoms with E-state index >= 15 is 0 Å². The van der Waals surface area contributed by atoms with E-state index in [9.17, 15) is 0 Å². The van der Waals surface area contributed by atoms with Crippen molar-refractivity contribution in [2.24, 2.45) is 0 Å². The first kappa shape index (κ1) is 14.0. The highest BCUT2D eigenvalue weighted by molar-refractivity contribution is 6.20. The maximum atomic E-state index is 6.52. The Bertz CT molecular complexity index is 443. The monoisotopic (exact) mass is 296 g/mol. The third-order valence-corrected chi connectivity index (χ3v) is 4.41. The largest absolute Gasteiger partial charge is 0.486 e. The summed E-state index contributed by atoms with van der Waals surface area (Å²) < 4.78 is 16.9. The predicted molar refractivity (Wildman–Crippen MR) is 78.9 cm³/mol. The van der Waals surface area contributed by atoms with Crippen molar-refractivity contribution in [2.45, 2.75) is 43.6 Å². The maximum absolute atomic E-state index is 6.52. The predicted octanol–water partition coefficient (Wildman–Crippen LogP) is 4.09. The molecular weight excluding hydrogens is 276 g/mol. The normalized spacial score (nSPS) is 23.4. The van der Waals surface area contributed by atoms with Crippen molar-refractivity contribution in [1.82, 2.24) is 0 Å². The number of alkyl halides is 1. The molecule has 2 aliphatic rings. The summed E-state index contributed by atoms with van der Waals surface area (Å²) in [5, 5.41) is 0.0105. The number of rotatable bonds is 4. The van der Waals surface area contributed by atoms with Crippen LogP contribution >= 0.6 is 11.6 Å². The molecule has 2 unspecified atom stereocenters. The Hall–Kier alpha value is -0.930. The Morgan fingerprint density at radius 1 is 1.10 bits per heavy atom. The highest BCUT2D eigenvalue weighted by atomic mass is 35.5. The molecule has 3 rings (SSSR count). The van der Waals surface area contributed by atoms with Crippen molar-refractivity contribution in [2.75, 3.05) is 19.8 Å². The van der Waals surface area contributed by atoms with Crippen molar-refractivity contribution in [3.8, 4) is 11.5 Å². The summed E-state index contributed by atoms with van der Waals surface area (Å²) in [4.78, 5) is 0. The van der Waals surface area contributed by atoms with Gasteiger partial charge in [-0.1, -0.05) is 6.07 Å². The lowest BCUT2D eigenvalue weighted by atomic mass is 10.0. The van der Waals surface area contributed by atoms with Crippen molar-refractivity contribution in [1.29, 1.82) is 0 Å². The number of ether oxygens (including phenoxy) is 3. The summed E-state index contributed by atoms with van der Waals surface area (Å²) in [6, 6.07) is 6.00. The Labute approximate surface area is 125 Å². The highest BCUT2D eigenvalue weighted by Crippen LogP contribution is 2.36. The van der Waals surface area contributed by atoms with Crippen molar-refractivity contribution in [3.05, 3.63) is 23.8 Å². The van der Waals surface area contributed by atoms with Crippen LogP contribution in [0.3, 0.4) is 0 Å². The molecule has 1 aromatic carbocycles. The van der Waals surface area contributed by atoms with Crippen LogP contribution in [0.5, 0.6) is 11.5 Å². The zero-order chi connectivity index (χ0) is 13.8. The number of hydrogen-bond acceptors (Lipinski definition) is 3. The molecule has 1 fully saturated rings. The average molecular weight is 297 g/mol. The van der Waals surface area contributed by atoms with E-state index in [0.717, 1.165) is 36.5 Å². The molecule has 1 saturated heterocycles. The zero-order valence-corrected chi connectivity index (χ0v) is 12.4. The van der Waals surface area contributed by atoms with Gasteiger partial charge in [0.1, 0.15) is 13.2 Å². The van der Waals surface area contributed by atoms with E-state index in [1.54, 1.807) is 0 Å². The molecule has 4 heteroatoms. The molecule has 0 aliphatic carbocycles. The van der Waals surface area contributed by atoms with Crippen molar-refractivity contribution in [3.63, 3.8) is 0 Å². The van der Waals surface area contributed by atoms with Gasteiger partial charge in [-0.05, 0) is 49.8 Å². The minimum absolute atomic E-state index is 0.0105. The van der Waals surface area contributed by atoms with Gasteiger partial charge in [-0.3, -0.25) is 0 Å². The van der Waals surface area contributed by atoms with Gasteiger partial charge in [-0.2, -0.15) is 0 Å². The summed E-state index contributed by atoms with van der Waals surface area (Å²) in [5.41, 5.74) is 1.10. The van der Waals surface area contributed by atoms with Crippen molar-refractivity contribution >= 4 is 11.6 Å². The lowest BCUT2D eigenvalue weighted by Gasteiger charge is -2.24. The van der Waals surface area contributed by atoms with Crippen LogP contribution in [0.25, 0.3) is 0 Å². The molecule has 0 aromatic heterocycles. The van der Waals surface area contributed by atoms with Crippen LogP contribution in [0.15, 0.2) is 18.2 Å². The van der Waals surface area contributed by atoms with Gasteiger partial charge in [0.2, 0.25) is 0 Å². The second-order valence-electron chi connectivity index (χ2n) is 5.44. The Kier molecular flexibility index (Phi) is 4.69.